The molecule has 0 N–H and O–H groups in total. The molecule has 0 amide bonds. The van der Waals surface area contributed by atoms with Crippen molar-refractivity contribution in [3.63, 3.8) is 0 Å². The standard InChI is InChI=1S/C15H14N2/c1-2-3-5-10-15(14(11-16)12-17)13-8-6-4-7-9-13/h2-4,6-9H,5,10H2,1H3/b3-2+. The van der Waals surface area contributed by atoms with Gasteiger partial charge < -0.3 is 0 Å². The van der Waals surface area contributed by atoms with Crippen LogP contribution in [0, 0.1) is 22.7 Å². The van der Waals surface area contributed by atoms with Crippen molar-refractivity contribution in [2.45, 2.75) is 19.8 Å². The van der Waals surface area contributed by atoms with E-state index in [4.69, 9.17) is 10.5 Å². The van der Waals surface area contributed by atoms with Gasteiger partial charge in [0, 0.05) is 0 Å². The molecule has 0 aromatic heterocycles. The van der Waals surface area contributed by atoms with Gasteiger partial charge in [-0.2, -0.15) is 10.5 Å². The third kappa shape index (κ3) is 3.63. The monoisotopic (exact) mass is 222 g/mol. The molecule has 0 saturated heterocycles. The van der Waals surface area contributed by atoms with Crippen LogP contribution < -0.4 is 0 Å². The van der Waals surface area contributed by atoms with E-state index < -0.39 is 0 Å². The Hall–Kier alpha value is -2.32. The van der Waals surface area contributed by atoms with Crippen molar-refractivity contribution in [1.82, 2.24) is 0 Å². The molecule has 0 atom stereocenters. The zero-order chi connectivity index (χ0) is 12.5. The highest BCUT2D eigenvalue weighted by Gasteiger charge is 2.07. The lowest BCUT2D eigenvalue weighted by Crippen LogP contribution is -1.89. The zero-order valence-corrected chi connectivity index (χ0v) is 9.85. The average molecular weight is 222 g/mol. The SMILES string of the molecule is C/C=C/CCC(=C(C#N)C#N)c1ccccc1. The largest absolute Gasteiger partial charge is 0.192 e. The minimum Gasteiger partial charge on any atom is -0.192 e. The molecule has 1 aromatic rings. The fourth-order valence-electron chi connectivity index (χ4n) is 1.61. The first-order valence-electron chi connectivity index (χ1n) is 5.53. The van der Waals surface area contributed by atoms with E-state index >= 15 is 0 Å². The minimum absolute atomic E-state index is 0.209. The Labute approximate surface area is 102 Å². The van der Waals surface area contributed by atoms with Crippen LogP contribution in [0.25, 0.3) is 5.57 Å². The number of allylic oxidation sites excluding steroid dienone is 4. The van der Waals surface area contributed by atoms with E-state index in [0.717, 1.165) is 17.6 Å². The average Bonchev–Trinajstić information content (AvgIpc) is 2.39. The van der Waals surface area contributed by atoms with E-state index in [-0.39, 0.29) is 5.57 Å². The first-order valence-corrected chi connectivity index (χ1v) is 5.53. The van der Waals surface area contributed by atoms with Crippen LogP contribution in [0.1, 0.15) is 25.3 Å². The summed E-state index contributed by atoms with van der Waals surface area (Å²) in [5, 5.41) is 17.9. The van der Waals surface area contributed by atoms with Crippen molar-refractivity contribution in [2.75, 3.05) is 0 Å². The summed E-state index contributed by atoms with van der Waals surface area (Å²) in [6.45, 7) is 1.96. The molecule has 0 spiro atoms. The fraction of sp³-hybridized carbons (Fsp3) is 0.200. The maximum absolute atomic E-state index is 8.97. The summed E-state index contributed by atoms with van der Waals surface area (Å²) in [5.41, 5.74) is 1.99. The van der Waals surface area contributed by atoms with Crippen molar-refractivity contribution >= 4 is 5.57 Å². The van der Waals surface area contributed by atoms with Gasteiger partial charge >= 0.3 is 0 Å². The maximum Gasteiger partial charge on any atom is 0.133 e. The summed E-state index contributed by atoms with van der Waals surface area (Å²) < 4.78 is 0. The van der Waals surface area contributed by atoms with Crippen LogP contribution in [0.15, 0.2) is 48.1 Å². The van der Waals surface area contributed by atoms with Crippen molar-refractivity contribution in [1.29, 1.82) is 10.5 Å². The maximum atomic E-state index is 8.97. The van der Waals surface area contributed by atoms with Crippen molar-refractivity contribution in [2.24, 2.45) is 0 Å². The Morgan fingerprint density at radius 1 is 1.18 bits per heavy atom. The highest BCUT2D eigenvalue weighted by atomic mass is 14.3. The second-order valence-corrected chi connectivity index (χ2v) is 3.55. The lowest BCUT2D eigenvalue weighted by Gasteiger charge is -2.06. The van der Waals surface area contributed by atoms with Gasteiger partial charge in [-0.25, -0.2) is 0 Å². The molecule has 0 aliphatic rings. The van der Waals surface area contributed by atoms with Gasteiger partial charge in [-0.3, -0.25) is 0 Å². The highest BCUT2D eigenvalue weighted by Crippen LogP contribution is 2.23. The number of hydrogen-bond acceptors (Lipinski definition) is 2. The Kier molecular flexibility index (Phi) is 5.28. The molecule has 0 bridgehead atoms. The number of nitrogens with zero attached hydrogens (tertiary/aromatic N) is 2. The van der Waals surface area contributed by atoms with Gasteiger partial charge in [0.2, 0.25) is 0 Å². The lowest BCUT2D eigenvalue weighted by atomic mass is 9.96. The van der Waals surface area contributed by atoms with Crippen LogP contribution in [0.3, 0.4) is 0 Å². The highest BCUT2D eigenvalue weighted by molar-refractivity contribution is 5.75. The molecule has 1 aromatic carbocycles. The predicted octanol–water partition coefficient (Wildman–Crippen LogP) is 3.84. The predicted molar refractivity (Wildman–Crippen MR) is 68.6 cm³/mol. The van der Waals surface area contributed by atoms with Gasteiger partial charge in [0.15, 0.2) is 0 Å². The van der Waals surface area contributed by atoms with Crippen molar-refractivity contribution < 1.29 is 0 Å². The second-order valence-electron chi connectivity index (χ2n) is 3.55. The van der Waals surface area contributed by atoms with Crippen LogP contribution in [0.4, 0.5) is 0 Å². The molecule has 0 aliphatic carbocycles. The number of benzene rings is 1. The van der Waals surface area contributed by atoms with Gasteiger partial charge in [0.1, 0.15) is 17.7 Å². The summed E-state index contributed by atoms with van der Waals surface area (Å²) in [5.74, 6) is 0. The van der Waals surface area contributed by atoms with Crippen LogP contribution in [0.2, 0.25) is 0 Å². The molecule has 1 rings (SSSR count). The smallest absolute Gasteiger partial charge is 0.133 e. The van der Waals surface area contributed by atoms with Gasteiger partial charge in [0.25, 0.3) is 0 Å². The van der Waals surface area contributed by atoms with E-state index in [2.05, 4.69) is 0 Å². The Bertz CT molecular complexity index is 480. The summed E-state index contributed by atoms with van der Waals surface area (Å²) in [7, 11) is 0. The van der Waals surface area contributed by atoms with Crippen LogP contribution in [-0.4, -0.2) is 0 Å². The molecular formula is C15H14N2. The molecular weight excluding hydrogens is 208 g/mol. The van der Waals surface area contributed by atoms with Crippen molar-refractivity contribution in [3.8, 4) is 12.1 Å². The topological polar surface area (TPSA) is 47.6 Å². The van der Waals surface area contributed by atoms with E-state index in [1.165, 1.54) is 0 Å². The van der Waals surface area contributed by atoms with Gasteiger partial charge in [-0.1, -0.05) is 42.5 Å². The molecule has 84 valence electrons. The molecule has 0 radical (unpaired) electrons. The molecule has 0 fully saturated rings. The normalized spacial score (nSPS) is 9.59. The Morgan fingerprint density at radius 3 is 2.35 bits per heavy atom. The van der Waals surface area contributed by atoms with Crippen LogP contribution in [-0.2, 0) is 0 Å². The van der Waals surface area contributed by atoms with Crippen molar-refractivity contribution in [3.05, 3.63) is 53.6 Å². The molecule has 0 aliphatic heterocycles. The molecule has 17 heavy (non-hydrogen) atoms. The summed E-state index contributed by atoms with van der Waals surface area (Å²) >= 11 is 0. The van der Waals surface area contributed by atoms with E-state index in [9.17, 15) is 0 Å². The summed E-state index contributed by atoms with van der Waals surface area (Å²) in [4.78, 5) is 0. The first kappa shape index (κ1) is 12.7. The molecule has 0 saturated carbocycles. The lowest BCUT2D eigenvalue weighted by molar-refractivity contribution is 1.06. The van der Waals surface area contributed by atoms with E-state index in [1.807, 2.05) is 61.5 Å². The fourth-order valence-corrected chi connectivity index (χ4v) is 1.61. The van der Waals surface area contributed by atoms with Crippen LogP contribution in [0.5, 0.6) is 0 Å². The number of hydrogen-bond donors (Lipinski definition) is 0. The quantitative estimate of drug-likeness (QED) is 0.574. The van der Waals surface area contributed by atoms with Gasteiger partial charge in [-0.05, 0) is 30.9 Å². The third-order valence-corrected chi connectivity index (χ3v) is 2.44. The summed E-state index contributed by atoms with van der Waals surface area (Å²) in [6.07, 6.45) is 5.56. The molecule has 2 nitrogen and oxygen atoms in total. The number of rotatable bonds is 4. The molecule has 2 heteroatoms. The zero-order valence-electron chi connectivity index (χ0n) is 9.85. The van der Waals surface area contributed by atoms with Crippen LogP contribution >= 0.6 is 0 Å². The first-order chi connectivity index (χ1) is 8.33. The molecule has 0 unspecified atom stereocenters. The van der Waals surface area contributed by atoms with Gasteiger partial charge in [0.05, 0.1) is 0 Å². The minimum atomic E-state index is 0.209. The van der Waals surface area contributed by atoms with E-state index in [0.29, 0.717) is 6.42 Å². The number of nitriles is 2. The van der Waals surface area contributed by atoms with E-state index in [1.54, 1.807) is 0 Å². The summed E-state index contributed by atoms with van der Waals surface area (Å²) in [6, 6.07) is 13.6. The second kappa shape index (κ2) is 7.04. The third-order valence-electron chi connectivity index (χ3n) is 2.44. The molecule has 0 heterocycles. The van der Waals surface area contributed by atoms with Gasteiger partial charge in [-0.15, -0.1) is 0 Å². The Balaban J connectivity index is 3.09. The Morgan fingerprint density at radius 2 is 1.82 bits per heavy atom.